The fourth-order valence-electron chi connectivity index (χ4n) is 2.15. The number of imidazole rings is 1. The van der Waals surface area contributed by atoms with Gasteiger partial charge in [0.05, 0.1) is 12.0 Å². The van der Waals surface area contributed by atoms with Crippen molar-refractivity contribution < 1.29 is 4.42 Å². The Kier molecular flexibility index (Phi) is 2.09. The number of fused-ring (bicyclic) bond motifs is 1. The van der Waals surface area contributed by atoms with Crippen LogP contribution in [0.3, 0.4) is 0 Å². The fraction of sp³-hybridized carbons (Fsp3) is 0.417. The minimum absolute atomic E-state index is 0.812. The van der Waals surface area contributed by atoms with Crippen molar-refractivity contribution in [1.82, 2.24) is 9.55 Å². The summed E-state index contributed by atoms with van der Waals surface area (Å²) in [5, 5.41) is 0. The fourth-order valence-corrected chi connectivity index (χ4v) is 2.15. The summed E-state index contributed by atoms with van der Waals surface area (Å²) in [6.45, 7) is 1.13. The highest BCUT2D eigenvalue weighted by atomic mass is 16.3. The van der Waals surface area contributed by atoms with Crippen molar-refractivity contribution in [2.45, 2.75) is 32.2 Å². The van der Waals surface area contributed by atoms with Crippen LogP contribution in [0, 0.1) is 0 Å². The lowest BCUT2D eigenvalue weighted by Gasteiger charge is -2.11. The third kappa shape index (κ3) is 1.69. The molecule has 1 aliphatic rings. The number of furan rings is 1. The van der Waals surface area contributed by atoms with Crippen LogP contribution in [0.4, 0.5) is 0 Å². The van der Waals surface area contributed by atoms with Gasteiger partial charge in [0.1, 0.15) is 11.6 Å². The standard InChI is InChI=1S/C12H14N2O/c1-2-6-14-9-10(13-12(14)5-1)8-11-4-3-7-15-11/h3-4,7,9H,1-2,5-6,8H2. The Morgan fingerprint density at radius 3 is 3.20 bits per heavy atom. The molecule has 2 aromatic rings. The second kappa shape index (κ2) is 3.57. The van der Waals surface area contributed by atoms with Crippen molar-refractivity contribution in [2.75, 3.05) is 0 Å². The van der Waals surface area contributed by atoms with Crippen molar-refractivity contribution in [3.63, 3.8) is 0 Å². The van der Waals surface area contributed by atoms with Gasteiger partial charge in [-0.05, 0) is 25.0 Å². The molecule has 0 atom stereocenters. The normalized spacial score (nSPS) is 15.2. The topological polar surface area (TPSA) is 31.0 Å². The maximum Gasteiger partial charge on any atom is 0.109 e. The van der Waals surface area contributed by atoms with Gasteiger partial charge in [0.2, 0.25) is 0 Å². The molecule has 0 radical (unpaired) electrons. The lowest BCUT2D eigenvalue weighted by Crippen LogP contribution is -2.08. The number of rotatable bonds is 2. The van der Waals surface area contributed by atoms with E-state index in [0.717, 1.165) is 30.8 Å². The molecule has 3 rings (SSSR count). The van der Waals surface area contributed by atoms with Crippen molar-refractivity contribution in [3.8, 4) is 0 Å². The van der Waals surface area contributed by atoms with Crippen LogP contribution in [0.25, 0.3) is 0 Å². The van der Waals surface area contributed by atoms with Crippen LogP contribution in [0.1, 0.15) is 30.1 Å². The number of nitrogens with zero attached hydrogens (tertiary/aromatic N) is 2. The maximum atomic E-state index is 5.32. The van der Waals surface area contributed by atoms with E-state index in [1.807, 2.05) is 12.1 Å². The van der Waals surface area contributed by atoms with Crippen molar-refractivity contribution in [3.05, 3.63) is 41.9 Å². The Bertz CT molecular complexity index is 419. The van der Waals surface area contributed by atoms with Crippen molar-refractivity contribution in [2.24, 2.45) is 0 Å². The van der Waals surface area contributed by atoms with Crippen LogP contribution in [0.5, 0.6) is 0 Å². The zero-order valence-electron chi connectivity index (χ0n) is 8.65. The molecular weight excluding hydrogens is 188 g/mol. The monoisotopic (exact) mass is 202 g/mol. The third-order valence-corrected chi connectivity index (χ3v) is 2.89. The van der Waals surface area contributed by atoms with Gasteiger partial charge < -0.3 is 8.98 Å². The zero-order valence-corrected chi connectivity index (χ0v) is 8.65. The summed E-state index contributed by atoms with van der Waals surface area (Å²) in [6, 6.07) is 3.92. The number of aromatic nitrogens is 2. The first kappa shape index (κ1) is 8.77. The molecule has 0 unspecified atom stereocenters. The third-order valence-electron chi connectivity index (χ3n) is 2.89. The molecule has 2 aromatic heterocycles. The average Bonchev–Trinajstić information content (AvgIpc) is 2.86. The minimum Gasteiger partial charge on any atom is -0.469 e. The van der Waals surface area contributed by atoms with Crippen LogP contribution >= 0.6 is 0 Å². The van der Waals surface area contributed by atoms with Crippen LogP contribution < -0.4 is 0 Å². The van der Waals surface area contributed by atoms with Gasteiger partial charge in [0, 0.05) is 25.6 Å². The Labute approximate surface area is 88.7 Å². The summed E-state index contributed by atoms with van der Waals surface area (Å²) >= 11 is 0. The predicted molar refractivity (Wildman–Crippen MR) is 56.7 cm³/mol. The van der Waals surface area contributed by atoms with E-state index in [2.05, 4.69) is 15.7 Å². The Hall–Kier alpha value is -1.51. The smallest absolute Gasteiger partial charge is 0.109 e. The Morgan fingerprint density at radius 2 is 2.40 bits per heavy atom. The Morgan fingerprint density at radius 1 is 1.40 bits per heavy atom. The first-order valence-corrected chi connectivity index (χ1v) is 5.49. The van der Waals surface area contributed by atoms with Crippen molar-refractivity contribution >= 4 is 0 Å². The summed E-state index contributed by atoms with van der Waals surface area (Å²) in [7, 11) is 0. The Balaban J connectivity index is 1.84. The SMILES string of the molecule is c1coc(Cc2cn3c(n2)CCCC3)c1. The molecule has 3 nitrogen and oxygen atoms in total. The quantitative estimate of drug-likeness (QED) is 0.748. The second-order valence-electron chi connectivity index (χ2n) is 4.06. The highest BCUT2D eigenvalue weighted by molar-refractivity contribution is 5.13. The highest BCUT2D eigenvalue weighted by Gasteiger charge is 2.12. The highest BCUT2D eigenvalue weighted by Crippen LogP contribution is 2.16. The molecule has 78 valence electrons. The molecule has 1 aliphatic heterocycles. The molecule has 0 saturated heterocycles. The van der Waals surface area contributed by atoms with Crippen LogP contribution in [0.2, 0.25) is 0 Å². The second-order valence-corrected chi connectivity index (χ2v) is 4.06. The van der Waals surface area contributed by atoms with E-state index in [-0.39, 0.29) is 0 Å². The van der Waals surface area contributed by atoms with Gasteiger partial charge in [0.15, 0.2) is 0 Å². The van der Waals surface area contributed by atoms with Gasteiger partial charge in [-0.15, -0.1) is 0 Å². The van der Waals surface area contributed by atoms with Crippen molar-refractivity contribution in [1.29, 1.82) is 0 Å². The van der Waals surface area contributed by atoms with Gasteiger partial charge in [-0.1, -0.05) is 0 Å². The maximum absolute atomic E-state index is 5.32. The lowest BCUT2D eigenvalue weighted by molar-refractivity contribution is 0.519. The minimum atomic E-state index is 0.812. The first-order chi connectivity index (χ1) is 7.42. The molecule has 0 aliphatic carbocycles. The van der Waals surface area contributed by atoms with E-state index in [1.54, 1.807) is 6.26 Å². The molecule has 0 amide bonds. The molecule has 0 spiro atoms. The van der Waals surface area contributed by atoms with Gasteiger partial charge in [-0.3, -0.25) is 0 Å². The lowest BCUT2D eigenvalue weighted by atomic mass is 10.2. The summed E-state index contributed by atoms with van der Waals surface area (Å²) in [6.07, 6.45) is 8.37. The van der Waals surface area contributed by atoms with E-state index < -0.39 is 0 Å². The molecular formula is C12H14N2O. The zero-order chi connectivity index (χ0) is 10.1. The molecule has 0 saturated carbocycles. The van der Waals surface area contributed by atoms with Gasteiger partial charge >= 0.3 is 0 Å². The van der Waals surface area contributed by atoms with E-state index in [0.29, 0.717) is 0 Å². The molecule has 0 aromatic carbocycles. The first-order valence-electron chi connectivity index (χ1n) is 5.49. The molecule has 0 N–H and O–H groups in total. The predicted octanol–water partition coefficient (Wildman–Crippen LogP) is 2.40. The van der Waals surface area contributed by atoms with E-state index in [9.17, 15) is 0 Å². The molecule has 3 heteroatoms. The average molecular weight is 202 g/mol. The van der Waals surface area contributed by atoms with Crippen LogP contribution in [0.15, 0.2) is 29.0 Å². The molecule has 15 heavy (non-hydrogen) atoms. The van der Waals surface area contributed by atoms with Gasteiger partial charge in [0.25, 0.3) is 0 Å². The van der Waals surface area contributed by atoms with Crippen LogP contribution in [-0.4, -0.2) is 9.55 Å². The van der Waals surface area contributed by atoms with Crippen LogP contribution in [-0.2, 0) is 19.4 Å². The van der Waals surface area contributed by atoms with E-state index >= 15 is 0 Å². The number of aryl methyl sites for hydroxylation is 2. The molecule has 3 heterocycles. The van der Waals surface area contributed by atoms with Gasteiger partial charge in [-0.25, -0.2) is 4.98 Å². The number of hydrogen-bond donors (Lipinski definition) is 0. The summed E-state index contributed by atoms with van der Waals surface area (Å²) in [5.41, 5.74) is 1.13. The number of hydrogen-bond acceptors (Lipinski definition) is 2. The summed E-state index contributed by atoms with van der Waals surface area (Å²) in [5.74, 6) is 2.23. The summed E-state index contributed by atoms with van der Waals surface area (Å²) < 4.78 is 7.60. The molecule has 0 bridgehead atoms. The largest absolute Gasteiger partial charge is 0.469 e. The van der Waals surface area contributed by atoms with E-state index in [4.69, 9.17) is 4.42 Å². The van der Waals surface area contributed by atoms with Gasteiger partial charge in [-0.2, -0.15) is 0 Å². The summed E-state index contributed by atoms with van der Waals surface area (Å²) in [4.78, 5) is 4.63. The van der Waals surface area contributed by atoms with E-state index in [1.165, 1.54) is 18.7 Å². The molecule has 0 fully saturated rings.